The summed E-state index contributed by atoms with van der Waals surface area (Å²) in [5.74, 6) is 0.0642. The number of nitrogens with zero attached hydrogens (tertiary/aromatic N) is 4. The number of benzene rings is 3. The van der Waals surface area contributed by atoms with Crippen LogP contribution < -0.4 is 15.0 Å². The Morgan fingerprint density at radius 1 is 0.973 bits per heavy atom. The Kier molecular flexibility index (Phi) is 4.64. The van der Waals surface area contributed by atoms with Gasteiger partial charge < -0.3 is 9.32 Å². The van der Waals surface area contributed by atoms with Gasteiger partial charge in [0, 0.05) is 22.1 Å². The normalized spacial score (nSPS) is 14.8. The van der Waals surface area contributed by atoms with Gasteiger partial charge in [0.25, 0.3) is 11.5 Å². The van der Waals surface area contributed by atoms with Crippen molar-refractivity contribution >= 4 is 44.4 Å². The van der Waals surface area contributed by atoms with Gasteiger partial charge in [-0.3, -0.25) is 9.59 Å². The first-order valence-corrected chi connectivity index (χ1v) is 12.4. The Labute approximate surface area is 212 Å². The highest BCUT2D eigenvalue weighted by molar-refractivity contribution is 7.15. The van der Waals surface area contributed by atoms with E-state index in [4.69, 9.17) is 4.42 Å². The minimum absolute atomic E-state index is 0.0520. The Balaban J connectivity index is 1.38. The van der Waals surface area contributed by atoms with Crippen LogP contribution in [0.15, 0.2) is 82.0 Å². The topological polar surface area (TPSA) is 80.7 Å². The van der Waals surface area contributed by atoms with Crippen molar-refractivity contribution in [1.82, 2.24) is 14.6 Å². The molecule has 4 heterocycles. The third-order valence-corrected chi connectivity index (χ3v) is 7.67. The van der Waals surface area contributed by atoms with Crippen molar-refractivity contribution in [3.8, 4) is 11.6 Å². The zero-order chi connectivity index (χ0) is 25.3. The summed E-state index contributed by atoms with van der Waals surface area (Å²) in [5, 5.41) is 5.39. The highest BCUT2D eigenvalue weighted by Gasteiger charge is 2.34. The van der Waals surface area contributed by atoms with Crippen molar-refractivity contribution in [2.24, 2.45) is 0 Å². The zero-order valence-electron chi connectivity index (χ0n) is 19.4. The molecule has 0 N–H and O–H groups in total. The predicted molar refractivity (Wildman–Crippen MR) is 139 cm³/mol. The van der Waals surface area contributed by atoms with Crippen LogP contribution in [-0.2, 0) is 11.3 Å². The SMILES string of the molecule is Cc1c(-c2nc3sc(=C4C(=O)N(Cc5ccccc5F)c5ccccc54)c(=O)n3n2)oc2ccccc12. The number of halogens is 1. The molecule has 0 saturated heterocycles. The summed E-state index contributed by atoms with van der Waals surface area (Å²) >= 11 is 1.10. The summed E-state index contributed by atoms with van der Waals surface area (Å²) in [6, 6.07) is 21.2. The first kappa shape index (κ1) is 21.6. The van der Waals surface area contributed by atoms with Crippen LogP contribution in [0.25, 0.3) is 33.1 Å². The molecule has 0 spiro atoms. The maximum absolute atomic E-state index is 14.4. The molecule has 0 bridgehead atoms. The molecule has 1 amide bonds. The van der Waals surface area contributed by atoms with Crippen LogP contribution in [-0.4, -0.2) is 20.5 Å². The van der Waals surface area contributed by atoms with Gasteiger partial charge in [-0.2, -0.15) is 9.50 Å². The molecule has 1 aliphatic heterocycles. The van der Waals surface area contributed by atoms with E-state index in [2.05, 4.69) is 10.1 Å². The summed E-state index contributed by atoms with van der Waals surface area (Å²) in [7, 11) is 0. The van der Waals surface area contributed by atoms with Gasteiger partial charge in [0.05, 0.1) is 17.8 Å². The van der Waals surface area contributed by atoms with Crippen molar-refractivity contribution < 1.29 is 13.6 Å². The number of aromatic nitrogens is 3. The van der Waals surface area contributed by atoms with E-state index in [1.807, 2.05) is 43.3 Å². The van der Waals surface area contributed by atoms with Gasteiger partial charge in [0.1, 0.15) is 15.9 Å². The maximum Gasteiger partial charge on any atom is 0.291 e. The standard InChI is InChI=1S/C28H17FN4O3S/c1-15-17-9-4-7-13-21(17)36-23(15)25-30-28-33(31-25)27(35)24(37-28)22-18-10-3-6-12-20(18)32(26(22)34)14-16-8-2-5-11-19(16)29/h2-13H,14H2,1H3. The smallest absolute Gasteiger partial charge is 0.291 e. The third-order valence-electron chi connectivity index (χ3n) is 6.64. The highest BCUT2D eigenvalue weighted by Crippen LogP contribution is 2.37. The van der Waals surface area contributed by atoms with E-state index < -0.39 is 11.4 Å². The Morgan fingerprint density at radius 2 is 1.73 bits per heavy atom. The van der Waals surface area contributed by atoms with E-state index in [1.54, 1.807) is 30.3 Å². The number of anilines is 1. The number of amides is 1. The number of para-hydroxylation sites is 2. The quantitative estimate of drug-likeness (QED) is 0.352. The van der Waals surface area contributed by atoms with Crippen molar-refractivity contribution in [3.05, 3.63) is 110 Å². The van der Waals surface area contributed by atoms with Gasteiger partial charge in [0.15, 0.2) is 5.76 Å². The summed E-state index contributed by atoms with van der Waals surface area (Å²) in [6.07, 6.45) is 0. The second kappa shape index (κ2) is 7.94. The number of aryl methyl sites for hydroxylation is 1. The molecular formula is C28H17FN4O3S. The molecule has 0 fully saturated rings. The Bertz CT molecular complexity index is 2010. The second-order valence-corrected chi connectivity index (χ2v) is 9.77. The fraction of sp³-hybridized carbons (Fsp3) is 0.0714. The molecule has 3 aromatic heterocycles. The number of hydrogen-bond donors (Lipinski definition) is 0. The van der Waals surface area contributed by atoms with E-state index >= 15 is 0 Å². The van der Waals surface area contributed by atoms with Crippen molar-refractivity contribution in [2.75, 3.05) is 4.90 Å². The van der Waals surface area contributed by atoms with Crippen LogP contribution >= 0.6 is 11.3 Å². The third kappa shape index (κ3) is 3.17. The number of rotatable bonds is 3. The number of fused-ring (bicyclic) bond motifs is 3. The van der Waals surface area contributed by atoms with Gasteiger partial charge in [-0.25, -0.2) is 4.39 Å². The molecule has 0 unspecified atom stereocenters. The van der Waals surface area contributed by atoms with Crippen LogP contribution in [0.4, 0.5) is 10.1 Å². The van der Waals surface area contributed by atoms with Gasteiger partial charge >= 0.3 is 0 Å². The van der Waals surface area contributed by atoms with Gasteiger partial charge in [-0.15, -0.1) is 5.10 Å². The van der Waals surface area contributed by atoms with Crippen LogP contribution in [0.5, 0.6) is 0 Å². The summed E-state index contributed by atoms with van der Waals surface area (Å²) in [4.78, 5) is 33.5. The van der Waals surface area contributed by atoms with Gasteiger partial charge in [0.2, 0.25) is 10.8 Å². The number of furan rings is 1. The molecule has 9 heteroatoms. The first-order chi connectivity index (χ1) is 18.0. The zero-order valence-corrected chi connectivity index (χ0v) is 20.3. The molecule has 3 aromatic carbocycles. The largest absolute Gasteiger partial charge is 0.452 e. The minimum Gasteiger partial charge on any atom is -0.452 e. The number of carbonyl (C=O) groups excluding carboxylic acids is 1. The molecule has 7 rings (SSSR count). The van der Waals surface area contributed by atoms with E-state index in [0.717, 1.165) is 27.9 Å². The van der Waals surface area contributed by atoms with E-state index in [-0.39, 0.29) is 22.6 Å². The van der Waals surface area contributed by atoms with Crippen molar-refractivity contribution in [3.63, 3.8) is 0 Å². The molecule has 180 valence electrons. The maximum atomic E-state index is 14.4. The van der Waals surface area contributed by atoms with Gasteiger partial charge in [-0.05, 0) is 25.1 Å². The second-order valence-electron chi connectivity index (χ2n) is 8.79. The molecule has 7 nitrogen and oxygen atoms in total. The molecule has 37 heavy (non-hydrogen) atoms. The molecule has 1 aliphatic rings. The molecule has 0 aliphatic carbocycles. The summed E-state index contributed by atoms with van der Waals surface area (Å²) in [6.45, 7) is 1.98. The van der Waals surface area contributed by atoms with Crippen LogP contribution in [0.1, 0.15) is 16.7 Å². The molecule has 6 aromatic rings. The van der Waals surface area contributed by atoms with Gasteiger partial charge in [-0.1, -0.05) is 65.9 Å². The number of hydrogen-bond acceptors (Lipinski definition) is 6. The molecule has 0 radical (unpaired) electrons. The first-order valence-electron chi connectivity index (χ1n) is 11.6. The van der Waals surface area contributed by atoms with E-state index in [1.165, 1.54) is 15.5 Å². The van der Waals surface area contributed by atoms with Crippen LogP contribution in [0, 0.1) is 12.7 Å². The minimum atomic E-state index is -0.432. The highest BCUT2D eigenvalue weighted by atomic mass is 32.1. The average molecular weight is 509 g/mol. The number of thiazole rings is 1. The molecular weight excluding hydrogens is 491 g/mol. The molecule has 0 saturated carbocycles. The fourth-order valence-corrected chi connectivity index (χ4v) is 5.82. The average Bonchev–Trinajstić information content (AvgIpc) is 3.62. The lowest BCUT2D eigenvalue weighted by atomic mass is 10.1. The van der Waals surface area contributed by atoms with Crippen molar-refractivity contribution in [2.45, 2.75) is 13.5 Å². The summed E-state index contributed by atoms with van der Waals surface area (Å²) < 4.78 is 21.8. The summed E-state index contributed by atoms with van der Waals surface area (Å²) in [5.41, 5.74) is 3.09. The van der Waals surface area contributed by atoms with Crippen LogP contribution in [0.2, 0.25) is 0 Å². The Morgan fingerprint density at radius 3 is 2.54 bits per heavy atom. The van der Waals surface area contributed by atoms with E-state index in [9.17, 15) is 14.0 Å². The molecule has 0 atom stereocenters. The lowest BCUT2D eigenvalue weighted by molar-refractivity contribution is -0.113. The lowest BCUT2D eigenvalue weighted by Gasteiger charge is -2.17. The lowest BCUT2D eigenvalue weighted by Crippen LogP contribution is -2.32. The van der Waals surface area contributed by atoms with Crippen LogP contribution in [0.3, 0.4) is 0 Å². The van der Waals surface area contributed by atoms with Crippen molar-refractivity contribution in [1.29, 1.82) is 0 Å². The predicted octanol–water partition coefficient (Wildman–Crippen LogP) is 4.48. The monoisotopic (exact) mass is 508 g/mol. The van der Waals surface area contributed by atoms with E-state index in [0.29, 0.717) is 33.4 Å². The number of carbonyl (C=O) groups is 1. The Hall–Kier alpha value is -4.63. The fourth-order valence-electron chi connectivity index (χ4n) is 4.82.